The Bertz CT molecular complexity index is 614. The zero-order valence-corrected chi connectivity index (χ0v) is 12.9. The van der Waals surface area contributed by atoms with Crippen molar-refractivity contribution in [2.24, 2.45) is 0 Å². The molecule has 2 aromatic rings. The number of nitrogens with zero attached hydrogens (tertiary/aromatic N) is 2. The first-order valence-electron chi connectivity index (χ1n) is 6.34. The number of thiazole rings is 1. The first-order valence-corrected chi connectivity index (χ1v) is 7.60. The third-order valence-electron chi connectivity index (χ3n) is 2.77. The molecule has 2 rings (SSSR count). The quantitative estimate of drug-likeness (QED) is 0.920. The summed E-state index contributed by atoms with van der Waals surface area (Å²) in [5.41, 5.74) is 0.503. The predicted octanol–water partition coefficient (Wildman–Crippen LogP) is 2.90. The highest BCUT2D eigenvalue weighted by Crippen LogP contribution is 2.13. The largest absolute Gasteiger partial charge is 0.330 e. The zero-order chi connectivity index (χ0) is 15.2. The van der Waals surface area contributed by atoms with Gasteiger partial charge in [0.15, 0.2) is 5.13 Å². The van der Waals surface area contributed by atoms with E-state index < -0.39 is 0 Å². The molecule has 1 heterocycles. The fourth-order valence-corrected chi connectivity index (χ4v) is 2.39. The van der Waals surface area contributed by atoms with Crippen LogP contribution in [0.1, 0.15) is 17.3 Å². The van der Waals surface area contributed by atoms with Gasteiger partial charge in [-0.2, -0.15) is 0 Å². The average molecular weight is 324 g/mol. The number of anilines is 1. The average Bonchev–Trinajstić information content (AvgIpc) is 2.97. The number of benzene rings is 1. The molecule has 0 radical (unpaired) electrons. The van der Waals surface area contributed by atoms with E-state index in [9.17, 15) is 9.59 Å². The molecule has 0 saturated heterocycles. The van der Waals surface area contributed by atoms with Gasteiger partial charge in [0, 0.05) is 28.7 Å². The van der Waals surface area contributed by atoms with E-state index in [0.717, 1.165) is 0 Å². The van der Waals surface area contributed by atoms with Crippen LogP contribution in [0.2, 0.25) is 5.02 Å². The summed E-state index contributed by atoms with van der Waals surface area (Å²) in [6, 6.07) is 6.59. The summed E-state index contributed by atoms with van der Waals surface area (Å²) in [5.74, 6) is -0.474. The lowest BCUT2D eigenvalue weighted by atomic mass is 10.2. The number of amides is 2. The van der Waals surface area contributed by atoms with Crippen LogP contribution >= 0.6 is 22.9 Å². The van der Waals surface area contributed by atoms with Gasteiger partial charge in [0.25, 0.3) is 5.91 Å². The van der Waals surface area contributed by atoms with Gasteiger partial charge >= 0.3 is 0 Å². The fraction of sp³-hybridized carbons (Fsp3) is 0.214. The van der Waals surface area contributed by atoms with Crippen LogP contribution in [-0.2, 0) is 4.79 Å². The van der Waals surface area contributed by atoms with Crippen LogP contribution in [0.3, 0.4) is 0 Å². The van der Waals surface area contributed by atoms with E-state index in [-0.39, 0.29) is 18.4 Å². The van der Waals surface area contributed by atoms with E-state index in [1.54, 1.807) is 35.8 Å². The molecular formula is C14H14ClN3O2S. The fourth-order valence-electron chi connectivity index (χ4n) is 1.72. The van der Waals surface area contributed by atoms with Gasteiger partial charge in [-0.1, -0.05) is 11.6 Å². The van der Waals surface area contributed by atoms with Crippen LogP contribution in [0, 0.1) is 0 Å². The molecule has 1 N–H and O–H groups in total. The Labute approximate surface area is 131 Å². The topological polar surface area (TPSA) is 62.3 Å². The molecule has 0 aliphatic carbocycles. The van der Waals surface area contributed by atoms with Crippen molar-refractivity contribution in [1.29, 1.82) is 0 Å². The molecule has 1 aromatic carbocycles. The molecule has 110 valence electrons. The second kappa shape index (κ2) is 7.19. The molecule has 0 aliphatic rings. The first-order chi connectivity index (χ1) is 10.1. The second-order valence-electron chi connectivity index (χ2n) is 4.21. The van der Waals surface area contributed by atoms with Crippen molar-refractivity contribution < 1.29 is 9.59 Å². The molecule has 1 aromatic heterocycles. The van der Waals surface area contributed by atoms with E-state index >= 15 is 0 Å². The second-order valence-corrected chi connectivity index (χ2v) is 5.54. The Hall–Kier alpha value is -1.92. The van der Waals surface area contributed by atoms with Gasteiger partial charge in [0.05, 0.1) is 0 Å². The zero-order valence-electron chi connectivity index (χ0n) is 11.4. The van der Waals surface area contributed by atoms with Gasteiger partial charge in [-0.3, -0.25) is 9.59 Å². The van der Waals surface area contributed by atoms with Crippen molar-refractivity contribution in [2.75, 3.05) is 18.4 Å². The highest BCUT2D eigenvalue weighted by atomic mass is 35.5. The number of carbonyl (C=O) groups is 2. The Morgan fingerprint density at radius 3 is 2.62 bits per heavy atom. The molecule has 0 aliphatic heterocycles. The molecule has 0 saturated carbocycles. The summed E-state index contributed by atoms with van der Waals surface area (Å²) in [5, 5.41) is 5.51. The van der Waals surface area contributed by atoms with Crippen LogP contribution < -0.4 is 5.32 Å². The summed E-state index contributed by atoms with van der Waals surface area (Å²) >= 11 is 7.13. The normalized spacial score (nSPS) is 10.2. The van der Waals surface area contributed by atoms with Gasteiger partial charge in [-0.25, -0.2) is 4.98 Å². The van der Waals surface area contributed by atoms with Crippen molar-refractivity contribution in [1.82, 2.24) is 9.88 Å². The van der Waals surface area contributed by atoms with Crippen LogP contribution in [-0.4, -0.2) is 34.8 Å². The lowest BCUT2D eigenvalue weighted by molar-refractivity contribution is -0.116. The van der Waals surface area contributed by atoms with Crippen molar-refractivity contribution in [3.05, 3.63) is 46.4 Å². The van der Waals surface area contributed by atoms with E-state index in [1.807, 2.05) is 6.92 Å². The third kappa shape index (κ3) is 4.27. The Kier molecular flexibility index (Phi) is 5.30. The summed E-state index contributed by atoms with van der Waals surface area (Å²) in [7, 11) is 0. The molecule has 0 unspecified atom stereocenters. The summed E-state index contributed by atoms with van der Waals surface area (Å²) in [6.45, 7) is 2.24. The number of hydrogen-bond acceptors (Lipinski definition) is 4. The van der Waals surface area contributed by atoms with E-state index in [4.69, 9.17) is 11.6 Å². The number of hydrogen-bond donors (Lipinski definition) is 1. The summed E-state index contributed by atoms with van der Waals surface area (Å²) in [4.78, 5) is 29.7. The minimum Gasteiger partial charge on any atom is -0.330 e. The van der Waals surface area contributed by atoms with Gasteiger partial charge in [-0.05, 0) is 31.2 Å². The minimum absolute atomic E-state index is 0.0163. The number of nitrogens with one attached hydrogen (secondary N) is 1. The van der Waals surface area contributed by atoms with Crippen molar-refractivity contribution in [3.63, 3.8) is 0 Å². The van der Waals surface area contributed by atoms with Crippen LogP contribution in [0.4, 0.5) is 5.13 Å². The highest BCUT2D eigenvalue weighted by Gasteiger charge is 2.17. The maximum absolute atomic E-state index is 12.3. The molecule has 0 bridgehead atoms. The number of carbonyl (C=O) groups excluding carboxylic acids is 2. The maximum Gasteiger partial charge on any atom is 0.254 e. The standard InChI is InChI=1S/C14H14ClN3O2S/c1-2-18(9-12(19)17-14-16-7-8-21-14)13(20)10-3-5-11(15)6-4-10/h3-8H,2,9H2,1H3,(H,16,17,19). The van der Waals surface area contributed by atoms with E-state index in [1.165, 1.54) is 16.2 Å². The molecule has 2 amide bonds. The lowest BCUT2D eigenvalue weighted by Gasteiger charge is -2.20. The van der Waals surface area contributed by atoms with E-state index in [2.05, 4.69) is 10.3 Å². The summed E-state index contributed by atoms with van der Waals surface area (Å²) in [6.07, 6.45) is 1.61. The molecule has 0 spiro atoms. The first kappa shape index (κ1) is 15.5. The van der Waals surface area contributed by atoms with Gasteiger partial charge in [0.2, 0.25) is 5.91 Å². The van der Waals surface area contributed by atoms with Crippen molar-refractivity contribution >= 4 is 39.9 Å². The molecule has 7 heteroatoms. The van der Waals surface area contributed by atoms with Crippen molar-refractivity contribution in [3.8, 4) is 0 Å². The van der Waals surface area contributed by atoms with Crippen LogP contribution in [0.5, 0.6) is 0 Å². The molecule has 21 heavy (non-hydrogen) atoms. The minimum atomic E-state index is -0.269. The highest BCUT2D eigenvalue weighted by molar-refractivity contribution is 7.13. The van der Waals surface area contributed by atoms with E-state index in [0.29, 0.717) is 22.3 Å². The Balaban J connectivity index is 2.00. The molecule has 0 fully saturated rings. The molecule has 5 nitrogen and oxygen atoms in total. The molecule has 0 atom stereocenters. The monoisotopic (exact) mass is 323 g/mol. The number of rotatable bonds is 5. The predicted molar refractivity (Wildman–Crippen MR) is 83.8 cm³/mol. The van der Waals surface area contributed by atoms with Crippen LogP contribution in [0.15, 0.2) is 35.8 Å². The third-order valence-corrected chi connectivity index (χ3v) is 3.71. The van der Waals surface area contributed by atoms with Gasteiger partial charge in [0.1, 0.15) is 6.54 Å². The Morgan fingerprint density at radius 1 is 1.33 bits per heavy atom. The number of halogens is 1. The van der Waals surface area contributed by atoms with Crippen molar-refractivity contribution in [2.45, 2.75) is 6.92 Å². The smallest absolute Gasteiger partial charge is 0.254 e. The SMILES string of the molecule is CCN(CC(=O)Nc1nccs1)C(=O)c1ccc(Cl)cc1. The Morgan fingerprint density at radius 2 is 2.05 bits per heavy atom. The number of likely N-dealkylation sites (N-methyl/N-ethyl adjacent to an activating group) is 1. The van der Waals surface area contributed by atoms with Crippen LogP contribution in [0.25, 0.3) is 0 Å². The number of aromatic nitrogens is 1. The molecular weight excluding hydrogens is 310 g/mol. The maximum atomic E-state index is 12.3. The summed E-state index contributed by atoms with van der Waals surface area (Å²) < 4.78 is 0. The lowest BCUT2D eigenvalue weighted by Crippen LogP contribution is -2.37. The van der Waals surface area contributed by atoms with Gasteiger partial charge < -0.3 is 10.2 Å². The van der Waals surface area contributed by atoms with Gasteiger partial charge in [-0.15, -0.1) is 11.3 Å².